The minimum Gasteiger partial charge on any atom is -0.374 e. The van der Waals surface area contributed by atoms with E-state index in [4.69, 9.17) is 28.4 Å². The summed E-state index contributed by atoms with van der Waals surface area (Å²) in [4.78, 5) is 0. The number of hydrogen-bond donors (Lipinski definition) is 0. The molecule has 6 rings (SSSR count). The van der Waals surface area contributed by atoms with E-state index in [-0.39, 0.29) is 6.61 Å². The van der Waals surface area contributed by atoms with E-state index in [9.17, 15) is 0 Å². The summed E-state index contributed by atoms with van der Waals surface area (Å²) in [6.45, 7) is 2.46. The SMILES string of the molecule is c1ccc(CCO[C@@]2(COCc3ccccc3)O[C@H](COCc3ccccc3)[C@@H](OCc3ccccc3)[C@@H]2OCc2ccccc2)cc1. The Morgan fingerprint density at radius 3 is 1.44 bits per heavy atom. The molecule has 1 aliphatic heterocycles. The normalized spacial score (nSPS) is 20.5. The summed E-state index contributed by atoms with van der Waals surface area (Å²) in [5, 5.41) is 0. The van der Waals surface area contributed by atoms with Crippen molar-refractivity contribution in [3.63, 3.8) is 0 Å². The van der Waals surface area contributed by atoms with Crippen LogP contribution >= 0.6 is 0 Å². The lowest BCUT2D eigenvalue weighted by Gasteiger charge is -2.35. The van der Waals surface area contributed by atoms with Crippen LogP contribution in [-0.2, 0) is 61.3 Å². The van der Waals surface area contributed by atoms with Crippen LogP contribution in [0.15, 0.2) is 152 Å². The first-order valence-corrected chi connectivity index (χ1v) is 16.7. The van der Waals surface area contributed by atoms with Crippen LogP contribution in [-0.4, -0.2) is 43.9 Å². The molecular weight excluding hydrogens is 600 g/mol. The summed E-state index contributed by atoms with van der Waals surface area (Å²) in [5.41, 5.74) is 5.44. The molecule has 5 aromatic rings. The third kappa shape index (κ3) is 9.70. The fraction of sp³-hybridized carbons (Fsp3) is 0.286. The maximum atomic E-state index is 6.94. The molecule has 6 nitrogen and oxygen atoms in total. The van der Waals surface area contributed by atoms with Crippen LogP contribution in [0.2, 0.25) is 0 Å². The largest absolute Gasteiger partial charge is 0.374 e. The Balaban J connectivity index is 1.28. The van der Waals surface area contributed by atoms with Crippen molar-refractivity contribution in [1.82, 2.24) is 0 Å². The van der Waals surface area contributed by atoms with Gasteiger partial charge in [-0.3, -0.25) is 0 Å². The Labute approximate surface area is 284 Å². The molecule has 0 spiro atoms. The summed E-state index contributed by atoms with van der Waals surface area (Å²) < 4.78 is 39.9. The summed E-state index contributed by atoms with van der Waals surface area (Å²) >= 11 is 0. The zero-order valence-electron chi connectivity index (χ0n) is 27.3. The van der Waals surface area contributed by atoms with Gasteiger partial charge in [0.05, 0.1) is 39.6 Å². The summed E-state index contributed by atoms with van der Waals surface area (Å²) in [6, 6.07) is 50.9. The molecule has 4 atom stereocenters. The van der Waals surface area contributed by atoms with E-state index in [1.807, 2.05) is 103 Å². The number of ether oxygens (including phenoxy) is 6. The minimum absolute atomic E-state index is 0.149. The van der Waals surface area contributed by atoms with E-state index in [0.717, 1.165) is 22.3 Å². The van der Waals surface area contributed by atoms with Crippen molar-refractivity contribution in [2.45, 2.75) is 56.9 Å². The molecule has 6 heteroatoms. The van der Waals surface area contributed by atoms with Crippen molar-refractivity contribution < 1.29 is 28.4 Å². The van der Waals surface area contributed by atoms with Gasteiger partial charge in [0.2, 0.25) is 5.79 Å². The monoisotopic (exact) mass is 644 g/mol. The van der Waals surface area contributed by atoms with Crippen LogP contribution in [0, 0.1) is 0 Å². The Kier molecular flexibility index (Phi) is 12.6. The third-order valence-electron chi connectivity index (χ3n) is 8.40. The van der Waals surface area contributed by atoms with Crippen molar-refractivity contribution in [3.05, 3.63) is 179 Å². The van der Waals surface area contributed by atoms with Gasteiger partial charge >= 0.3 is 0 Å². The minimum atomic E-state index is -1.25. The second kappa shape index (κ2) is 17.9. The van der Waals surface area contributed by atoms with E-state index in [2.05, 4.69) is 48.5 Å². The quantitative estimate of drug-likeness (QED) is 0.0966. The Morgan fingerprint density at radius 2 is 0.917 bits per heavy atom. The van der Waals surface area contributed by atoms with Gasteiger partial charge in [0, 0.05) is 0 Å². The maximum absolute atomic E-state index is 6.94. The van der Waals surface area contributed by atoms with Crippen LogP contribution in [0.25, 0.3) is 0 Å². The molecule has 0 N–H and O–H groups in total. The predicted molar refractivity (Wildman–Crippen MR) is 186 cm³/mol. The average molecular weight is 645 g/mol. The van der Waals surface area contributed by atoms with Gasteiger partial charge in [-0.1, -0.05) is 152 Å². The van der Waals surface area contributed by atoms with Gasteiger partial charge in [-0.2, -0.15) is 0 Å². The van der Waals surface area contributed by atoms with Crippen molar-refractivity contribution in [3.8, 4) is 0 Å². The van der Waals surface area contributed by atoms with E-state index in [0.29, 0.717) is 46.1 Å². The Morgan fingerprint density at radius 1 is 0.479 bits per heavy atom. The van der Waals surface area contributed by atoms with Crippen LogP contribution in [0.1, 0.15) is 27.8 Å². The topological polar surface area (TPSA) is 55.4 Å². The highest BCUT2D eigenvalue weighted by Crippen LogP contribution is 2.39. The van der Waals surface area contributed by atoms with Crippen LogP contribution in [0.3, 0.4) is 0 Å². The molecule has 5 aromatic carbocycles. The van der Waals surface area contributed by atoms with Crippen LogP contribution < -0.4 is 0 Å². The van der Waals surface area contributed by atoms with Gasteiger partial charge in [-0.25, -0.2) is 0 Å². The molecular formula is C42H44O6. The number of hydrogen-bond acceptors (Lipinski definition) is 6. The molecule has 1 heterocycles. The van der Waals surface area contributed by atoms with Crippen molar-refractivity contribution in [1.29, 1.82) is 0 Å². The molecule has 0 aliphatic carbocycles. The third-order valence-corrected chi connectivity index (χ3v) is 8.40. The molecule has 1 saturated heterocycles. The standard InChI is InChI=1S/C42H44O6/c1-6-16-34(17-7-1)26-27-47-42(33-44-29-36-20-10-3-11-21-36)41(46-31-38-24-14-5-15-25-38)40(45-30-37-22-12-4-13-23-37)39(48-42)32-43-28-35-18-8-2-9-19-35/h1-25,39-41H,26-33H2/t39-,40-,41+,42+/m1/s1. The molecule has 248 valence electrons. The van der Waals surface area contributed by atoms with E-state index in [1.54, 1.807) is 0 Å². The summed E-state index contributed by atoms with van der Waals surface area (Å²) in [5.74, 6) is -1.25. The van der Waals surface area contributed by atoms with Gasteiger partial charge in [-0.15, -0.1) is 0 Å². The second-order valence-corrected chi connectivity index (χ2v) is 12.0. The molecule has 0 radical (unpaired) electrons. The highest BCUT2D eigenvalue weighted by Gasteiger charge is 2.58. The fourth-order valence-electron chi connectivity index (χ4n) is 5.92. The molecule has 0 bridgehead atoms. The zero-order chi connectivity index (χ0) is 32.7. The lowest BCUT2D eigenvalue weighted by molar-refractivity contribution is -0.292. The first-order valence-electron chi connectivity index (χ1n) is 16.7. The van der Waals surface area contributed by atoms with Gasteiger partial charge in [-0.05, 0) is 34.2 Å². The molecule has 48 heavy (non-hydrogen) atoms. The molecule has 0 amide bonds. The highest BCUT2D eigenvalue weighted by atomic mass is 16.8. The zero-order valence-corrected chi connectivity index (χ0v) is 27.3. The Hall–Kier alpha value is -4.14. The first kappa shape index (κ1) is 33.7. The molecule has 1 fully saturated rings. The van der Waals surface area contributed by atoms with Crippen LogP contribution in [0.5, 0.6) is 0 Å². The highest BCUT2D eigenvalue weighted by molar-refractivity contribution is 5.17. The van der Waals surface area contributed by atoms with E-state index in [1.165, 1.54) is 5.56 Å². The smallest absolute Gasteiger partial charge is 0.222 e. The molecule has 0 unspecified atom stereocenters. The second-order valence-electron chi connectivity index (χ2n) is 12.0. The van der Waals surface area contributed by atoms with Crippen molar-refractivity contribution in [2.75, 3.05) is 19.8 Å². The summed E-state index contributed by atoms with van der Waals surface area (Å²) in [7, 11) is 0. The molecule has 0 aromatic heterocycles. The molecule has 0 saturated carbocycles. The van der Waals surface area contributed by atoms with Gasteiger partial charge in [0.15, 0.2) is 0 Å². The predicted octanol–water partition coefficient (Wildman–Crippen LogP) is 7.95. The van der Waals surface area contributed by atoms with E-state index >= 15 is 0 Å². The van der Waals surface area contributed by atoms with Crippen molar-refractivity contribution in [2.24, 2.45) is 0 Å². The lowest BCUT2D eigenvalue weighted by atomic mass is 10.0. The van der Waals surface area contributed by atoms with Crippen LogP contribution in [0.4, 0.5) is 0 Å². The fourth-order valence-corrected chi connectivity index (χ4v) is 5.92. The average Bonchev–Trinajstić information content (AvgIpc) is 3.43. The van der Waals surface area contributed by atoms with Crippen molar-refractivity contribution >= 4 is 0 Å². The van der Waals surface area contributed by atoms with E-state index < -0.39 is 24.1 Å². The van der Waals surface area contributed by atoms with Gasteiger partial charge < -0.3 is 28.4 Å². The Bertz CT molecular complexity index is 1540. The van der Waals surface area contributed by atoms with Gasteiger partial charge in [0.25, 0.3) is 0 Å². The number of rotatable bonds is 18. The van der Waals surface area contributed by atoms with Gasteiger partial charge in [0.1, 0.15) is 24.9 Å². The first-order chi connectivity index (χ1) is 23.8. The maximum Gasteiger partial charge on any atom is 0.222 e. The lowest BCUT2D eigenvalue weighted by Crippen LogP contribution is -2.51. The summed E-state index contributed by atoms with van der Waals surface area (Å²) in [6.07, 6.45) is -0.879. The number of benzene rings is 5. The molecule has 1 aliphatic rings.